The van der Waals surface area contributed by atoms with Crippen molar-refractivity contribution in [3.05, 3.63) is 53.7 Å². The minimum atomic E-state index is 0.0999. The molecule has 4 nitrogen and oxygen atoms in total. The second-order valence-corrected chi connectivity index (χ2v) is 6.46. The number of nitrogens with zero attached hydrogens (tertiary/aromatic N) is 2. The second kappa shape index (κ2) is 6.87. The highest BCUT2D eigenvalue weighted by molar-refractivity contribution is 5.08. The summed E-state index contributed by atoms with van der Waals surface area (Å²) in [5.74, 6) is 1.96. The highest BCUT2D eigenvalue weighted by Crippen LogP contribution is 2.12. The molecule has 0 amide bonds. The molecule has 0 saturated carbocycles. The normalized spacial score (nSPS) is 12.0. The van der Waals surface area contributed by atoms with Crippen LogP contribution in [0.25, 0.3) is 0 Å². The van der Waals surface area contributed by atoms with E-state index < -0.39 is 0 Å². The van der Waals surface area contributed by atoms with Crippen molar-refractivity contribution in [1.82, 2.24) is 15.2 Å². The third kappa shape index (κ3) is 5.69. The number of nitrogens with one attached hydrogen (secondary N) is 1. The Hall–Kier alpha value is -1.65. The van der Waals surface area contributed by atoms with E-state index in [4.69, 9.17) is 4.42 Å². The lowest BCUT2D eigenvalue weighted by molar-refractivity contribution is 0.277. The van der Waals surface area contributed by atoms with Gasteiger partial charge in [-0.1, -0.05) is 6.07 Å². The SMILES string of the molecule is CN(Cc1ccccn1)Cc1ccc(CNC(C)(C)C)o1. The van der Waals surface area contributed by atoms with Crippen LogP contribution >= 0.6 is 0 Å². The fourth-order valence-electron chi connectivity index (χ4n) is 2.04. The molecule has 0 unspecified atom stereocenters. The number of furan rings is 1. The van der Waals surface area contributed by atoms with Gasteiger partial charge in [0.25, 0.3) is 0 Å². The van der Waals surface area contributed by atoms with Gasteiger partial charge in [-0.25, -0.2) is 0 Å². The zero-order valence-electron chi connectivity index (χ0n) is 13.4. The summed E-state index contributed by atoms with van der Waals surface area (Å²) >= 11 is 0. The Bertz CT molecular complexity index is 543. The fourth-order valence-corrected chi connectivity index (χ4v) is 2.04. The topological polar surface area (TPSA) is 41.3 Å². The molecule has 2 aromatic rings. The Morgan fingerprint density at radius 1 is 1.10 bits per heavy atom. The van der Waals surface area contributed by atoms with Gasteiger partial charge in [-0.05, 0) is 52.1 Å². The van der Waals surface area contributed by atoms with Gasteiger partial charge in [0.2, 0.25) is 0 Å². The molecule has 2 aromatic heterocycles. The van der Waals surface area contributed by atoms with Gasteiger partial charge in [0.15, 0.2) is 0 Å². The molecule has 2 heterocycles. The van der Waals surface area contributed by atoms with Gasteiger partial charge in [0, 0.05) is 18.3 Å². The zero-order valence-corrected chi connectivity index (χ0v) is 13.4. The van der Waals surface area contributed by atoms with Crippen molar-refractivity contribution in [1.29, 1.82) is 0 Å². The van der Waals surface area contributed by atoms with E-state index in [0.29, 0.717) is 0 Å². The molecule has 0 saturated heterocycles. The first kappa shape index (κ1) is 15.7. The molecular formula is C17H25N3O. The number of hydrogen-bond acceptors (Lipinski definition) is 4. The van der Waals surface area contributed by atoms with Crippen molar-refractivity contribution >= 4 is 0 Å². The van der Waals surface area contributed by atoms with E-state index in [1.165, 1.54) is 0 Å². The highest BCUT2D eigenvalue weighted by atomic mass is 16.3. The van der Waals surface area contributed by atoms with Gasteiger partial charge in [-0.2, -0.15) is 0 Å². The Labute approximate surface area is 127 Å². The first-order chi connectivity index (χ1) is 9.92. The summed E-state index contributed by atoms with van der Waals surface area (Å²) in [6, 6.07) is 10.1. The van der Waals surface area contributed by atoms with Gasteiger partial charge >= 0.3 is 0 Å². The van der Waals surface area contributed by atoms with Gasteiger partial charge < -0.3 is 9.73 Å². The maximum absolute atomic E-state index is 5.86. The third-order valence-corrected chi connectivity index (χ3v) is 3.09. The van der Waals surface area contributed by atoms with E-state index in [1.54, 1.807) is 0 Å². The Kier molecular flexibility index (Phi) is 5.15. The van der Waals surface area contributed by atoms with Crippen LogP contribution in [0.2, 0.25) is 0 Å². The molecule has 114 valence electrons. The predicted octanol–water partition coefficient (Wildman–Crippen LogP) is 3.19. The lowest BCUT2D eigenvalue weighted by Gasteiger charge is -2.19. The van der Waals surface area contributed by atoms with E-state index >= 15 is 0 Å². The molecule has 0 aromatic carbocycles. The van der Waals surface area contributed by atoms with Crippen molar-refractivity contribution in [2.24, 2.45) is 0 Å². The van der Waals surface area contributed by atoms with Crippen LogP contribution in [-0.4, -0.2) is 22.5 Å². The first-order valence-electron chi connectivity index (χ1n) is 7.33. The van der Waals surface area contributed by atoms with Crippen molar-refractivity contribution in [3.8, 4) is 0 Å². The number of pyridine rings is 1. The van der Waals surface area contributed by atoms with Gasteiger partial charge in [-0.3, -0.25) is 9.88 Å². The summed E-state index contributed by atoms with van der Waals surface area (Å²) in [6.07, 6.45) is 1.83. The fraction of sp³-hybridized carbons (Fsp3) is 0.471. The van der Waals surface area contributed by atoms with Gasteiger partial charge in [0.1, 0.15) is 11.5 Å². The minimum Gasteiger partial charge on any atom is -0.463 e. The van der Waals surface area contributed by atoms with E-state index in [2.05, 4.69) is 49.1 Å². The number of aromatic nitrogens is 1. The molecule has 0 aliphatic rings. The lowest BCUT2D eigenvalue weighted by atomic mass is 10.1. The van der Waals surface area contributed by atoms with Gasteiger partial charge in [0.05, 0.1) is 18.8 Å². The third-order valence-electron chi connectivity index (χ3n) is 3.09. The standard InChI is InChI=1S/C17H25N3O/c1-17(2,3)19-11-15-8-9-16(21-15)13-20(4)12-14-7-5-6-10-18-14/h5-10,19H,11-13H2,1-4H3. The predicted molar refractivity (Wildman–Crippen MR) is 84.7 cm³/mol. The van der Waals surface area contributed by atoms with E-state index in [1.807, 2.05) is 30.5 Å². The molecule has 0 spiro atoms. The van der Waals surface area contributed by atoms with Crippen molar-refractivity contribution in [2.45, 2.75) is 45.9 Å². The minimum absolute atomic E-state index is 0.0999. The molecule has 0 atom stereocenters. The zero-order chi connectivity index (χ0) is 15.3. The van der Waals surface area contributed by atoms with Crippen LogP contribution in [0, 0.1) is 0 Å². The van der Waals surface area contributed by atoms with Crippen LogP contribution in [0.5, 0.6) is 0 Å². The molecule has 4 heteroatoms. The highest BCUT2D eigenvalue weighted by Gasteiger charge is 2.11. The summed E-state index contributed by atoms with van der Waals surface area (Å²) in [4.78, 5) is 6.54. The molecule has 0 fully saturated rings. The molecule has 2 rings (SSSR count). The average Bonchev–Trinajstić information content (AvgIpc) is 2.84. The average molecular weight is 287 g/mol. The molecule has 21 heavy (non-hydrogen) atoms. The summed E-state index contributed by atoms with van der Waals surface area (Å²) < 4.78 is 5.86. The smallest absolute Gasteiger partial charge is 0.118 e. The number of hydrogen-bond donors (Lipinski definition) is 1. The Balaban J connectivity index is 1.84. The van der Waals surface area contributed by atoms with Crippen molar-refractivity contribution in [3.63, 3.8) is 0 Å². The monoisotopic (exact) mass is 287 g/mol. The molecular weight excluding hydrogens is 262 g/mol. The van der Waals surface area contributed by atoms with Crippen LogP contribution < -0.4 is 5.32 Å². The molecule has 1 N–H and O–H groups in total. The van der Waals surface area contributed by atoms with Crippen LogP contribution in [-0.2, 0) is 19.6 Å². The first-order valence-corrected chi connectivity index (χ1v) is 7.33. The Morgan fingerprint density at radius 2 is 1.86 bits per heavy atom. The maximum Gasteiger partial charge on any atom is 0.118 e. The lowest BCUT2D eigenvalue weighted by Crippen LogP contribution is -2.34. The number of rotatable bonds is 6. The van der Waals surface area contributed by atoms with Crippen molar-refractivity contribution < 1.29 is 4.42 Å². The second-order valence-electron chi connectivity index (χ2n) is 6.46. The quantitative estimate of drug-likeness (QED) is 0.886. The molecule has 0 aliphatic carbocycles. The molecule has 0 bridgehead atoms. The van der Waals surface area contributed by atoms with Crippen LogP contribution in [0.15, 0.2) is 40.9 Å². The molecule has 0 radical (unpaired) electrons. The Morgan fingerprint density at radius 3 is 2.52 bits per heavy atom. The molecule has 0 aliphatic heterocycles. The summed E-state index contributed by atoms with van der Waals surface area (Å²) in [7, 11) is 2.07. The summed E-state index contributed by atoms with van der Waals surface area (Å²) in [6.45, 7) is 8.81. The summed E-state index contributed by atoms with van der Waals surface area (Å²) in [5, 5.41) is 3.43. The maximum atomic E-state index is 5.86. The van der Waals surface area contributed by atoms with E-state index in [9.17, 15) is 0 Å². The largest absolute Gasteiger partial charge is 0.463 e. The van der Waals surface area contributed by atoms with E-state index in [0.717, 1.165) is 36.8 Å². The summed E-state index contributed by atoms with van der Waals surface area (Å²) in [5.41, 5.74) is 1.17. The van der Waals surface area contributed by atoms with Crippen molar-refractivity contribution in [2.75, 3.05) is 7.05 Å². The van der Waals surface area contributed by atoms with Crippen LogP contribution in [0.3, 0.4) is 0 Å². The van der Waals surface area contributed by atoms with E-state index in [-0.39, 0.29) is 5.54 Å². The van der Waals surface area contributed by atoms with Gasteiger partial charge in [-0.15, -0.1) is 0 Å². The van der Waals surface area contributed by atoms with Crippen LogP contribution in [0.1, 0.15) is 38.0 Å². The van der Waals surface area contributed by atoms with Crippen LogP contribution in [0.4, 0.5) is 0 Å².